The lowest BCUT2D eigenvalue weighted by Crippen LogP contribution is -2.05. The van der Waals surface area contributed by atoms with Crippen molar-refractivity contribution in [2.45, 2.75) is 32.7 Å². The van der Waals surface area contributed by atoms with E-state index in [0.29, 0.717) is 6.61 Å². The lowest BCUT2D eigenvalue weighted by Gasteiger charge is -2.14. The molecule has 0 N–H and O–H groups in total. The van der Waals surface area contributed by atoms with Crippen LogP contribution in [0.2, 0.25) is 0 Å². The molecular weight excluding hydrogens is 384 g/mol. The average Bonchev–Trinajstić information content (AvgIpc) is 2.63. The summed E-state index contributed by atoms with van der Waals surface area (Å²) in [5.74, 6) is 0.959. The van der Waals surface area contributed by atoms with Gasteiger partial charge < -0.3 is 4.74 Å². The maximum Gasteiger partial charge on any atom is 0.131 e. The molecule has 0 saturated heterocycles. The van der Waals surface area contributed by atoms with Crippen LogP contribution in [0.25, 0.3) is 0 Å². The molecule has 0 amide bonds. The van der Waals surface area contributed by atoms with Gasteiger partial charge in [0.1, 0.15) is 12.4 Å². The first-order chi connectivity index (χ1) is 9.43. The molecule has 20 heavy (non-hydrogen) atoms. The number of aromatic nitrogens is 2. The molecule has 1 aromatic carbocycles. The molecule has 0 aliphatic heterocycles. The van der Waals surface area contributed by atoms with Crippen LogP contribution in [0, 0.1) is 20.8 Å². The van der Waals surface area contributed by atoms with Crippen molar-refractivity contribution >= 4 is 31.9 Å². The summed E-state index contributed by atoms with van der Waals surface area (Å²) in [6.07, 6.45) is 0. The van der Waals surface area contributed by atoms with E-state index in [2.05, 4.69) is 62.9 Å². The van der Waals surface area contributed by atoms with Gasteiger partial charge >= 0.3 is 0 Å². The molecule has 0 aliphatic rings. The standard InChI is InChI=1S/C15H18Br2N2O/c1-9-5-12(7-16)6-10(2)15(9)20-8-13-14(17)11(3)18-19(13)4/h5-6H,7-8H2,1-4H3. The number of nitrogens with zero attached hydrogens (tertiary/aromatic N) is 2. The first-order valence-corrected chi connectivity index (χ1v) is 8.32. The molecule has 5 heteroatoms. The van der Waals surface area contributed by atoms with Crippen LogP contribution in [0.5, 0.6) is 5.75 Å². The number of aryl methyl sites for hydroxylation is 4. The van der Waals surface area contributed by atoms with Gasteiger partial charge in [0.05, 0.1) is 15.9 Å². The SMILES string of the molecule is Cc1cc(CBr)cc(C)c1OCc1c(Br)c(C)nn1C. The van der Waals surface area contributed by atoms with Crippen molar-refractivity contribution < 1.29 is 4.74 Å². The fourth-order valence-electron chi connectivity index (χ4n) is 2.32. The Morgan fingerprint density at radius 1 is 1.20 bits per heavy atom. The van der Waals surface area contributed by atoms with Gasteiger partial charge in [0.25, 0.3) is 0 Å². The maximum atomic E-state index is 6.02. The Hall–Kier alpha value is -0.810. The monoisotopic (exact) mass is 400 g/mol. The number of benzene rings is 1. The van der Waals surface area contributed by atoms with E-state index in [4.69, 9.17) is 4.74 Å². The fraction of sp³-hybridized carbons (Fsp3) is 0.400. The zero-order valence-electron chi connectivity index (χ0n) is 12.1. The second-order valence-electron chi connectivity index (χ2n) is 4.95. The third kappa shape index (κ3) is 3.09. The Kier molecular flexibility index (Phi) is 4.91. The number of hydrogen-bond donors (Lipinski definition) is 0. The van der Waals surface area contributed by atoms with Crippen molar-refractivity contribution in [3.8, 4) is 5.75 Å². The predicted molar refractivity (Wildman–Crippen MR) is 88.5 cm³/mol. The highest BCUT2D eigenvalue weighted by molar-refractivity contribution is 9.10. The fourth-order valence-corrected chi connectivity index (χ4v) is 3.10. The van der Waals surface area contributed by atoms with E-state index < -0.39 is 0 Å². The van der Waals surface area contributed by atoms with Crippen LogP contribution in [0.1, 0.15) is 28.1 Å². The Morgan fingerprint density at radius 2 is 1.80 bits per heavy atom. The van der Waals surface area contributed by atoms with Crippen molar-refractivity contribution in [2.24, 2.45) is 7.05 Å². The summed E-state index contributed by atoms with van der Waals surface area (Å²) in [5, 5.41) is 5.24. The molecular formula is C15H18Br2N2O. The molecule has 1 aromatic heterocycles. The van der Waals surface area contributed by atoms with Gasteiger partial charge in [0.15, 0.2) is 0 Å². The molecule has 0 radical (unpaired) electrons. The molecule has 0 fully saturated rings. The van der Waals surface area contributed by atoms with E-state index in [9.17, 15) is 0 Å². The van der Waals surface area contributed by atoms with Crippen molar-refractivity contribution in [3.05, 3.63) is 44.7 Å². The Morgan fingerprint density at radius 3 is 2.25 bits per heavy atom. The normalized spacial score (nSPS) is 10.9. The van der Waals surface area contributed by atoms with Gasteiger partial charge in [0.2, 0.25) is 0 Å². The molecule has 0 bridgehead atoms. The van der Waals surface area contributed by atoms with Gasteiger partial charge in [-0.15, -0.1) is 0 Å². The molecule has 2 aromatic rings. The first-order valence-electron chi connectivity index (χ1n) is 6.41. The molecule has 0 spiro atoms. The minimum absolute atomic E-state index is 0.507. The van der Waals surface area contributed by atoms with Gasteiger partial charge in [-0.05, 0) is 53.4 Å². The molecule has 3 nitrogen and oxygen atoms in total. The van der Waals surface area contributed by atoms with Crippen LogP contribution in [-0.4, -0.2) is 9.78 Å². The number of ether oxygens (including phenoxy) is 1. The second kappa shape index (κ2) is 6.31. The largest absolute Gasteiger partial charge is 0.487 e. The maximum absolute atomic E-state index is 6.02. The van der Waals surface area contributed by atoms with Crippen LogP contribution < -0.4 is 4.74 Å². The van der Waals surface area contributed by atoms with E-state index in [-0.39, 0.29) is 0 Å². The summed E-state index contributed by atoms with van der Waals surface area (Å²) in [7, 11) is 1.93. The summed E-state index contributed by atoms with van der Waals surface area (Å²) in [6.45, 7) is 6.65. The number of halogens is 2. The van der Waals surface area contributed by atoms with Crippen LogP contribution in [0.3, 0.4) is 0 Å². The van der Waals surface area contributed by atoms with E-state index in [1.807, 2.05) is 18.7 Å². The van der Waals surface area contributed by atoms with E-state index in [1.54, 1.807) is 0 Å². The minimum atomic E-state index is 0.507. The number of alkyl halides is 1. The van der Waals surface area contributed by atoms with E-state index in [1.165, 1.54) is 5.56 Å². The van der Waals surface area contributed by atoms with Gasteiger partial charge in [0, 0.05) is 12.4 Å². The zero-order valence-corrected chi connectivity index (χ0v) is 15.3. The lowest BCUT2D eigenvalue weighted by atomic mass is 10.1. The Balaban J connectivity index is 2.23. The highest BCUT2D eigenvalue weighted by Gasteiger charge is 2.13. The topological polar surface area (TPSA) is 27.1 Å². The van der Waals surface area contributed by atoms with Crippen LogP contribution in [-0.2, 0) is 19.0 Å². The Labute approximate surface area is 136 Å². The second-order valence-corrected chi connectivity index (χ2v) is 6.30. The van der Waals surface area contributed by atoms with E-state index in [0.717, 1.165) is 38.1 Å². The highest BCUT2D eigenvalue weighted by Crippen LogP contribution is 2.28. The molecule has 0 unspecified atom stereocenters. The summed E-state index contributed by atoms with van der Waals surface area (Å²) in [4.78, 5) is 0. The van der Waals surface area contributed by atoms with Crippen LogP contribution in [0.15, 0.2) is 16.6 Å². The van der Waals surface area contributed by atoms with Crippen molar-refractivity contribution in [3.63, 3.8) is 0 Å². The number of rotatable bonds is 4. The van der Waals surface area contributed by atoms with Gasteiger partial charge in [-0.3, -0.25) is 4.68 Å². The third-order valence-corrected chi connectivity index (χ3v) is 4.97. The summed E-state index contributed by atoms with van der Waals surface area (Å²) >= 11 is 7.05. The predicted octanol–water partition coefficient (Wildman–Crippen LogP) is 4.58. The third-order valence-electron chi connectivity index (χ3n) is 3.29. The Bertz CT molecular complexity index is 612. The van der Waals surface area contributed by atoms with Gasteiger partial charge in [-0.1, -0.05) is 28.1 Å². The zero-order chi connectivity index (χ0) is 14.9. The van der Waals surface area contributed by atoms with Gasteiger partial charge in [-0.2, -0.15) is 5.10 Å². The smallest absolute Gasteiger partial charge is 0.131 e. The summed E-state index contributed by atoms with van der Waals surface area (Å²) in [5.41, 5.74) is 5.62. The van der Waals surface area contributed by atoms with Crippen LogP contribution >= 0.6 is 31.9 Å². The van der Waals surface area contributed by atoms with E-state index >= 15 is 0 Å². The molecule has 2 rings (SSSR count). The average molecular weight is 402 g/mol. The lowest BCUT2D eigenvalue weighted by molar-refractivity contribution is 0.290. The van der Waals surface area contributed by atoms with Crippen LogP contribution in [0.4, 0.5) is 0 Å². The quantitative estimate of drug-likeness (QED) is 0.701. The first kappa shape index (κ1) is 15.6. The molecule has 0 saturated carbocycles. The van der Waals surface area contributed by atoms with Crippen molar-refractivity contribution in [1.29, 1.82) is 0 Å². The molecule has 0 atom stereocenters. The number of hydrogen-bond acceptors (Lipinski definition) is 2. The molecule has 1 heterocycles. The minimum Gasteiger partial charge on any atom is -0.487 e. The summed E-state index contributed by atoms with van der Waals surface area (Å²) < 4.78 is 8.90. The molecule has 0 aliphatic carbocycles. The molecule has 108 valence electrons. The van der Waals surface area contributed by atoms with Crippen molar-refractivity contribution in [1.82, 2.24) is 9.78 Å². The summed E-state index contributed by atoms with van der Waals surface area (Å²) in [6, 6.07) is 4.31. The highest BCUT2D eigenvalue weighted by atomic mass is 79.9. The van der Waals surface area contributed by atoms with Gasteiger partial charge in [-0.25, -0.2) is 0 Å². The van der Waals surface area contributed by atoms with Crippen molar-refractivity contribution in [2.75, 3.05) is 0 Å².